The highest BCUT2D eigenvalue weighted by atomic mass is 35.5. The molecular formula is C22H19Cl2NO4. The fraction of sp³-hybridized carbons (Fsp3) is 0.273. The first-order chi connectivity index (χ1) is 14.0. The third-order valence-electron chi connectivity index (χ3n) is 5.27. The number of Topliss-reactive ketones (excluding diaryl/α,β-unsaturated/α-hetero) is 1. The van der Waals surface area contributed by atoms with Gasteiger partial charge in [0.05, 0.1) is 27.8 Å². The SMILES string of the molecule is O=C1C(=O)N(C[C@@H]2CCCO2)[C@H](c2ccc(Cl)c(Cl)c2)C1=C(O)c1ccccc1. The molecule has 7 heteroatoms. The van der Waals surface area contributed by atoms with Crippen LogP contribution in [-0.2, 0) is 14.3 Å². The van der Waals surface area contributed by atoms with Crippen molar-refractivity contribution in [3.63, 3.8) is 0 Å². The topological polar surface area (TPSA) is 66.8 Å². The number of carbonyl (C=O) groups excluding carboxylic acids is 2. The van der Waals surface area contributed by atoms with Crippen LogP contribution in [0.25, 0.3) is 5.76 Å². The summed E-state index contributed by atoms with van der Waals surface area (Å²) in [5.41, 5.74) is 1.11. The molecule has 4 rings (SSSR count). The van der Waals surface area contributed by atoms with Gasteiger partial charge in [-0.1, -0.05) is 59.6 Å². The van der Waals surface area contributed by atoms with E-state index in [1.165, 1.54) is 4.90 Å². The van der Waals surface area contributed by atoms with E-state index in [9.17, 15) is 14.7 Å². The van der Waals surface area contributed by atoms with Gasteiger partial charge in [-0.2, -0.15) is 0 Å². The van der Waals surface area contributed by atoms with Gasteiger partial charge in [0.2, 0.25) is 0 Å². The molecule has 2 saturated heterocycles. The molecular weight excluding hydrogens is 413 g/mol. The van der Waals surface area contributed by atoms with Crippen LogP contribution in [0.3, 0.4) is 0 Å². The molecule has 1 N–H and O–H groups in total. The Hall–Kier alpha value is -2.34. The third kappa shape index (κ3) is 3.78. The summed E-state index contributed by atoms with van der Waals surface area (Å²) in [5, 5.41) is 11.6. The van der Waals surface area contributed by atoms with E-state index in [1.54, 1.807) is 42.5 Å². The summed E-state index contributed by atoms with van der Waals surface area (Å²) in [6.07, 6.45) is 1.58. The number of nitrogens with zero attached hydrogens (tertiary/aromatic N) is 1. The number of aliphatic hydroxyl groups excluding tert-OH is 1. The lowest BCUT2D eigenvalue weighted by atomic mass is 9.95. The molecule has 0 aromatic heterocycles. The molecule has 150 valence electrons. The second-order valence-electron chi connectivity index (χ2n) is 7.13. The summed E-state index contributed by atoms with van der Waals surface area (Å²) < 4.78 is 5.67. The lowest BCUT2D eigenvalue weighted by Gasteiger charge is -2.27. The quantitative estimate of drug-likeness (QED) is 0.436. The normalized spacial score (nSPS) is 23.7. The highest BCUT2D eigenvalue weighted by Gasteiger charge is 2.47. The van der Waals surface area contributed by atoms with Crippen LogP contribution in [-0.4, -0.2) is 41.0 Å². The number of ether oxygens (including phenoxy) is 1. The van der Waals surface area contributed by atoms with Crippen molar-refractivity contribution in [3.8, 4) is 0 Å². The van der Waals surface area contributed by atoms with Gasteiger partial charge >= 0.3 is 0 Å². The van der Waals surface area contributed by atoms with Crippen LogP contribution in [0.15, 0.2) is 54.1 Å². The van der Waals surface area contributed by atoms with Crippen molar-refractivity contribution in [1.82, 2.24) is 4.90 Å². The van der Waals surface area contributed by atoms with Crippen LogP contribution in [0.5, 0.6) is 0 Å². The van der Waals surface area contributed by atoms with Gasteiger partial charge in [-0.05, 0) is 30.5 Å². The number of rotatable bonds is 4. The Morgan fingerprint density at radius 2 is 1.86 bits per heavy atom. The molecule has 2 atom stereocenters. The van der Waals surface area contributed by atoms with Crippen molar-refractivity contribution in [2.24, 2.45) is 0 Å². The number of ketones is 1. The highest BCUT2D eigenvalue weighted by Crippen LogP contribution is 2.41. The van der Waals surface area contributed by atoms with Crippen LogP contribution >= 0.6 is 23.2 Å². The molecule has 29 heavy (non-hydrogen) atoms. The van der Waals surface area contributed by atoms with Crippen LogP contribution in [0.1, 0.15) is 30.0 Å². The van der Waals surface area contributed by atoms with E-state index in [2.05, 4.69) is 0 Å². The fourth-order valence-corrected chi connectivity index (χ4v) is 4.16. The number of aliphatic hydroxyl groups is 1. The summed E-state index contributed by atoms with van der Waals surface area (Å²) in [5.74, 6) is -1.59. The Kier molecular flexibility index (Phi) is 5.63. The molecule has 5 nitrogen and oxygen atoms in total. The maximum Gasteiger partial charge on any atom is 0.295 e. The zero-order valence-corrected chi connectivity index (χ0v) is 17.0. The average molecular weight is 432 g/mol. The minimum absolute atomic E-state index is 0.0394. The molecule has 2 aliphatic heterocycles. The van der Waals surface area contributed by atoms with Gasteiger partial charge in [-0.25, -0.2) is 0 Å². The second kappa shape index (κ2) is 8.19. The van der Waals surface area contributed by atoms with Gasteiger partial charge in [0.1, 0.15) is 5.76 Å². The smallest absolute Gasteiger partial charge is 0.295 e. The van der Waals surface area contributed by atoms with E-state index < -0.39 is 17.7 Å². The molecule has 2 aliphatic rings. The first-order valence-electron chi connectivity index (χ1n) is 9.37. The van der Waals surface area contributed by atoms with Crippen molar-refractivity contribution in [2.45, 2.75) is 25.0 Å². The van der Waals surface area contributed by atoms with E-state index in [1.807, 2.05) is 6.07 Å². The van der Waals surface area contributed by atoms with E-state index >= 15 is 0 Å². The van der Waals surface area contributed by atoms with Gasteiger partial charge in [-0.15, -0.1) is 0 Å². The Labute approximate surface area is 178 Å². The number of amides is 1. The summed E-state index contributed by atoms with van der Waals surface area (Å²) in [7, 11) is 0. The van der Waals surface area contributed by atoms with E-state index in [4.69, 9.17) is 27.9 Å². The lowest BCUT2D eigenvalue weighted by Crippen LogP contribution is -2.36. The maximum atomic E-state index is 12.9. The molecule has 2 aromatic rings. The summed E-state index contributed by atoms with van der Waals surface area (Å²) >= 11 is 12.3. The van der Waals surface area contributed by atoms with E-state index in [0.717, 1.165) is 12.8 Å². The van der Waals surface area contributed by atoms with E-state index in [-0.39, 0.29) is 24.0 Å². The van der Waals surface area contributed by atoms with Gasteiger partial charge in [0.15, 0.2) is 0 Å². The molecule has 0 saturated carbocycles. The Balaban J connectivity index is 1.84. The fourth-order valence-electron chi connectivity index (χ4n) is 3.86. The molecule has 2 fully saturated rings. The second-order valence-corrected chi connectivity index (χ2v) is 7.94. The largest absolute Gasteiger partial charge is 0.507 e. The number of halogens is 2. The van der Waals surface area contributed by atoms with Crippen molar-refractivity contribution in [2.75, 3.05) is 13.2 Å². The standard InChI is InChI=1S/C22H19Cl2NO4/c23-16-9-8-14(11-17(16)24)19-18(20(26)13-5-2-1-3-6-13)21(27)22(28)25(19)12-15-7-4-10-29-15/h1-3,5-6,8-9,11,15,19,26H,4,7,10,12H2/t15-,19+/m0/s1. The van der Waals surface area contributed by atoms with Gasteiger partial charge in [0.25, 0.3) is 11.7 Å². The van der Waals surface area contributed by atoms with Crippen molar-refractivity contribution in [3.05, 3.63) is 75.3 Å². The summed E-state index contributed by atoms with van der Waals surface area (Å²) in [4.78, 5) is 27.3. The van der Waals surface area contributed by atoms with E-state index in [0.29, 0.717) is 27.8 Å². The lowest BCUT2D eigenvalue weighted by molar-refractivity contribution is -0.140. The van der Waals surface area contributed by atoms with Crippen molar-refractivity contribution in [1.29, 1.82) is 0 Å². The Bertz CT molecular complexity index is 984. The number of carbonyl (C=O) groups is 2. The number of hydrogen-bond acceptors (Lipinski definition) is 4. The number of likely N-dealkylation sites (tertiary alicyclic amines) is 1. The minimum atomic E-state index is -0.769. The Morgan fingerprint density at radius 1 is 1.10 bits per heavy atom. The Morgan fingerprint density at radius 3 is 2.52 bits per heavy atom. The molecule has 0 unspecified atom stereocenters. The highest BCUT2D eigenvalue weighted by molar-refractivity contribution is 6.46. The van der Waals surface area contributed by atoms with Crippen molar-refractivity contribution >= 4 is 40.7 Å². The molecule has 2 aromatic carbocycles. The monoisotopic (exact) mass is 431 g/mol. The molecule has 0 radical (unpaired) electrons. The first kappa shape index (κ1) is 20.0. The zero-order valence-electron chi connectivity index (χ0n) is 15.5. The summed E-state index contributed by atoms with van der Waals surface area (Å²) in [6, 6.07) is 12.9. The van der Waals surface area contributed by atoms with Crippen molar-refractivity contribution < 1.29 is 19.4 Å². The predicted molar refractivity (Wildman–Crippen MR) is 111 cm³/mol. The van der Waals surface area contributed by atoms with Gasteiger partial charge in [-0.3, -0.25) is 9.59 Å². The van der Waals surface area contributed by atoms with Gasteiger partial charge in [0, 0.05) is 18.7 Å². The van der Waals surface area contributed by atoms with Crippen LogP contribution in [0.4, 0.5) is 0 Å². The molecule has 1 amide bonds. The van der Waals surface area contributed by atoms with Gasteiger partial charge < -0.3 is 14.7 Å². The van der Waals surface area contributed by atoms with Crippen LogP contribution in [0, 0.1) is 0 Å². The number of hydrogen-bond donors (Lipinski definition) is 1. The molecule has 0 spiro atoms. The van der Waals surface area contributed by atoms with Crippen LogP contribution in [0.2, 0.25) is 10.0 Å². The minimum Gasteiger partial charge on any atom is -0.507 e. The first-order valence-corrected chi connectivity index (χ1v) is 10.1. The summed E-state index contributed by atoms with van der Waals surface area (Å²) in [6.45, 7) is 0.900. The van der Waals surface area contributed by atoms with Crippen LogP contribution < -0.4 is 0 Å². The maximum absolute atomic E-state index is 12.9. The molecule has 2 heterocycles. The number of benzene rings is 2. The third-order valence-corrected chi connectivity index (χ3v) is 6.01. The zero-order chi connectivity index (χ0) is 20.5. The average Bonchev–Trinajstić information content (AvgIpc) is 3.33. The molecule has 0 bridgehead atoms. The molecule has 0 aliphatic carbocycles. The predicted octanol–water partition coefficient (Wildman–Crippen LogP) is 4.59.